The van der Waals surface area contributed by atoms with Crippen LogP contribution < -0.4 is 0 Å². The molecule has 0 saturated heterocycles. The van der Waals surface area contributed by atoms with Crippen molar-refractivity contribution in [3.8, 4) is 0 Å². The second-order valence-electron chi connectivity index (χ2n) is 2.97. The van der Waals surface area contributed by atoms with E-state index in [-0.39, 0.29) is 0 Å². The Morgan fingerprint density at radius 1 is 1.08 bits per heavy atom. The van der Waals surface area contributed by atoms with Gasteiger partial charge in [0, 0.05) is 17.1 Å². The lowest BCUT2D eigenvalue weighted by atomic mass is 10.2. The Morgan fingerprint density at radius 3 is 2.85 bits per heavy atom. The van der Waals surface area contributed by atoms with Gasteiger partial charge >= 0.3 is 0 Å². The number of benzene rings is 1. The molecule has 3 heteroatoms. The quantitative estimate of drug-likeness (QED) is 0.560. The minimum absolute atomic E-state index is 0.940. The molecule has 2 aromatic heterocycles. The highest BCUT2D eigenvalue weighted by Crippen LogP contribution is 2.17. The molecule has 3 aromatic rings. The number of aromatic amines is 1. The molecule has 3 rings (SSSR count). The first-order valence-corrected chi connectivity index (χ1v) is 4.11. The van der Waals surface area contributed by atoms with Gasteiger partial charge in [0.1, 0.15) is 6.33 Å². The molecule has 0 aliphatic rings. The van der Waals surface area contributed by atoms with E-state index >= 15 is 0 Å². The lowest BCUT2D eigenvalue weighted by Crippen LogP contribution is -1.77. The lowest BCUT2D eigenvalue weighted by Gasteiger charge is -1.96. The maximum absolute atomic E-state index is 4.14. The van der Waals surface area contributed by atoms with Gasteiger partial charge in [-0.1, -0.05) is 6.07 Å². The molecule has 0 aliphatic carbocycles. The van der Waals surface area contributed by atoms with Crippen LogP contribution >= 0.6 is 0 Å². The molecular weight excluding hydrogens is 162 g/mol. The van der Waals surface area contributed by atoms with Crippen molar-refractivity contribution in [2.24, 2.45) is 0 Å². The average Bonchev–Trinajstić information content (AvgIpc) is 2.61. The largest absolute Gasteiger partial charge is 0.361 e. The van der Waals surface area contributed by atoms with Crippen molar-refractivity contribution in [2.75, 3.05) is 0 Å². The van der Waals surface area contributed by atoms with Crippen LogP contribution in [0.15, 0.2) is 36.8 Å². The SMILES string of the molecule is c1c[nH]c2cc3ncnc3cc2c1. The lowest BCUT2D eigenvalue weighted by molar-refractivity contribution is 1.34. The molecule has 0 bridgehead atoms. The third kappa shape index (κ3) is 0.902. The summed E-state index contributed by atoms with van der Waals surface area (Å²) in [6.45, 7) is 0. The number of pyridine rings is 1. The molecule has 0 fully saturated rings. The molecule has 0 aliphatic heterocycles. The van der Waals surface area contributed by atoms with Gasteiger partial charge in [0.25, 0.3) is 0 Å². The molecule has 3 nitrogen and oxygen atoms in total. The Hall–Kier alpha value is -1.90. The molecule has 1 aromatic carbocycles. The van der Waals surface area contributed by atoms with E-state index in [9.17, 15) is 0 Å². The van der Waals surface area contributed by atoms with Crippen molar-refractivity contribution < 1.29 is 0 Å². The van der Waals surface area contributed by atoms with E-state index in [4.69, 9.17) is 0 Å². The van der Waals surface area contributed by atoms with Gasteiger partial charge in [-0.05, 0) is 18.2 Å². The van der Waals surface area contributed by atoms with Gasteiger partial charge in [-0.25, -0.2) is 9.97 Å². The van der Waals surface area contributed by atoms with E-state index < -0.39 is 0 Å². The Morgan fingerprint density at radius 2 is 1.92 bits per heavy atom. The van der Waals surface area contributed by atoms with Crippen molar-refractivity contribution in [1.82, 2.24) is 15.0 Å². The number of rotatable bonds is 0. The Balaban J connectivity index is 2.57. The molecule has 0 amide bonds. The summed E-state index contributed by atoms with van der Waals surface area (Å²) in [7, 11) is 0. The number of H-pyrrole nitrogens is 1. The number of hydrogen-bond donors (Lipinski definition) is 1. The van der Waals surface area contributed by atoms with Crippen LogP contribution in [-0.4, -0.2) is 15.0 Å². The summed E-state index contributed by atoms with van der Waals surface area (Å²) in [6, 6.07) is 8.08. The summed E-state index contributed by atoms with van der Waals surface area (Å²) >= 11 is 0. The van der Waals surface area contributed by atoms with E-state index in [1.165, 1.54) is 0 Å². The van der Waals surface area contributed by atoms with Crippen molar-refractivity contribution in [2.45, 2.75) is 0 Å². The summed E-state index contributed by atoms with van der Waals surface area (Å²) in [5.74, 6) is 0. The summed E-state index contributed by atoms with van der Waals surface area (Å²) in [6.07, 6.45) is 3.49. The van der Waals surface area contributed by atoms with Crippen LogP contribution in [-0.2, 0) is 0 Å². The monoisotopic (exact) mass is 169 g/mol. The molecule has 1 N–H and O–H groups in total. The van der Waals surface area contributed by atoms with E-state index in [1.807, 2.05) is 24.4 Å². The fourth-order valence-electron chi connectivity index (χ4n) is 1.51. The Labute approximate surface area is 74.4 Å². The van der Waals surface area contributed by atoms with Gasteiger partial charge in [0.05, 0.1) is 11.0 Å². The molecular formula is C10H7N3. The average molecular weight is 169 g/mol. The summed E-state index contributed by atoms with van der Waals surface area (Å²) in [5, 5.41) is 1.16. The van der Waals surface area contributed by atoms with Gasteiger partial charge in [0.15, 0.2) is 0 Å². The fraction of sp³-hybridized carbons (Fsp3) is 0. The highest BCUT2D eigenvalue weighted by atomic mass is 14.9. The van der Waals surface area contributed by atoms with Crippen LogP contribution in [0.1, 0.15) is 0 Å². The number of nitrogens with zero attached hydrogens (tertiary/aromatic N) is 2. The minimum Gasteiger partial charge on any atom is -0.361 e. The van der Waals surface area contributed by atoms with Crippen LogP contribution in [0.3, 0.4) is 0 Å². The predicted octanol–water partition coefficient (Wildman–Crippen LogP) is 2.11. The zero-order valence-corrected chi connectivity index (χ0v) is 6.86. The van der Waals surface area contributed by atoms with Gasteiger partial charge in [-0.15, -0.1) is 0 Å². The molecule has 0 unspecified atom stereocenters. The molecule has 13 heavy (non-hydrogen) atoms. The van der Waals surface area contributed by atoms with Crippen LogP contribution in [0, 0.1) is 0 Å². The maximum atomic E-state index is 4.14. The van der Waals surface area contributed by atoms with Crippen LogP contribution in [0.4, 0.5) is 0 Å². The smallest absolute Gasteiger partial charge is 0.116 e. The van der Waals surface area contributed by atoms with E-state index in [0.29, 0.717) is 0 Å². The van der Waals surface area contributed by atoms with Crippen molar-refractivity contribution >= 4 is 21.9 Å². The van der Waals surface area contributed by atoms with Crippen molar-refractivity contribution in [3.63, 3.8) is 0 Å². The second-order valence-corrected chi connectivity index (χ2v) is 2.97. The standard InChI is InChI=1S/C10H7N3/c1-2-7-4-9-10(13-6-12-9)5-8(7)11-3-1/h1-6,11H. The predicted molar refractivity (Wildman–Crippen MR) is 51.4 cm³/mol. The van der Waals surface area contributed by atoms with Crippen LogP contribution in [0.2, 0.25) is 0 Å². The molecule has 0 saturated carbocycles. The Kier molecular flexibility index (Phi) is 1.16. The molecule has 62 valence electrons. The summed E-state index contributed by atoms with van der Waals surface area (Å²) < 4.78 is 0. The molecule has 0 spiro atoms. The second kappa shape index (κ2) is 2.29. The maximum Gasteiger partial charge on any atom is 0.116 e. The summed E-state index contributed by atoms with van der Waals surface area (Å²) in [4.78, 5) is 11.4. The van der Waals surface area contributed by atoms with Gasteiger partial charge in [-0.2, -0.15) is 0 Å². The fourth-order valence-corrected chi connectivity index (χ4v) is 1.51. The van der Waals surface area contributed by atoms with E-state index in [2.05, 4.69) is 21.0 Å². The third-order valence-corrected chi connectivity index (χ3v) is 2.15. The van der Waals surface area contributed by atoms with Crippen molar-refractivity contribution in [1.29, 1.82) is 0 Å². The zero-order valence-electron chi connectivity index (χ0n) is 6.86. The normalized spacial score (nSPS) is 11.1. The highest BCUT2D eigenvalue weighted by molar-refractivity contribution is 5.92. The molecule has 2 heterocycles. The number of fused-ring (bicyclic) bond motifs is 2. The number of aromatic nitrogens is 3. The molecule has 0 atom stereocenters. The van der Waals surface area contributed by atoms with Gasteiger partial charge in [-0.3, -0.25) is 0 Å². The Bertz CT molecular complexity index is 519. The van der Waals surface area contributed by atoms with Crippen LogP contribution in [0.5, 0.6) is 0 Å². The van der Waals surface area contributed by atoms with Gasteiger partial charge < -0.3 is 4.98 Å². The highest BCUT2D eigenvalue weighted by Gasteiger charge is 1.98. The van der Waals surface area contributed by atoms with E-state index in [1.54, 1.807) is 6.33 Å². The first-order valence-electron chi connectivity index (χ1n) is 4.11. The third-order valence-electron chi connectivity index (χ3n) is 2.15. The van der Waals surface area contributed by atoms with Crippen LogP contribution in [0.25, 0.3) is 21.9 Å². The number of imidazole rings is 1. The van der Waals surface area contributed by atoms with E-state index in [0.717, 1.165) is 21.9 Å². The van der Waals surface area contributed by atoms with Gasteiger partial charge in [0.2, 0.25) is 0 Å². The number of nitrogens with one attached hydrogen (secondary N) is 1. The first kappa shape index (κ1) is 6.60. The number of hydrogen-bond acceptors (Lipinski definition) is 2. The molecule has 0 radical (unpaired) electrons. The first-order chi connectivity index (χ1) is 6.43. The summed E-state index contributed by atoms with van der Waals surface area (Å²) in [5.41, 5.74) is 2.98. The topological polar surface area (TPSA) is 41.6 Å². The zero-order chi connectivity index (χ0) is 8.67. The van der Waals surface area contributed by atoms with Crippen molar-refractivity contribution in [3.05, 3.63) is 36.8 Å². The minimum atomic E-state index is 0.940.